The Hall–Kier alpha value is -2.81. The van der Waals surface area contributed by atoms with Crippen molar-refractivity contribution in [3.05, 3.63) is 47.8 Å². The van der Waals surface area contributed by atoms with Crippen molar-refractivity contribution in [2.75, 3.05) is 38.8 Å². The van der Waals surface area contributed by atoms with Crippen LogP contribution >= 0.6 is 23.5 Å². The highest BCUT2D eigenvalue weighted by atomic mass is 32.2. The van der Waals surface area contributed by atoms with E-state index in [9.17, 15) is 22.8 Å². The SMILES string of the molecule is Cc1c(SCCOCCOCC(F)(F)F)ccnc1CSc1nc2ccccc2n1C(=O)OCC(N)=O. The van der Waals surface area contributed by atoms with E-state index in [2.05, 4.69) is 14.7 Å². The van der Waals surface area contributed by atoms with Crippen LogP contribution in [0, 0.1) is 6.92 Å². The van der Waals surface area contributed by atoms with Gasteiger partial charge in [0.05, 0.1) is 36.5 Å². The van der Waals surface area contributed by atoms with Crippen molar-refractivity contribution in [1.82, 2.24) is 14.5 Å². The summed E-state index contributed by atoms with van der Waals surface area (Å²) in [7, 11) is 0. The Balaban J connectivity index is 1.57. The number of pyridine rings is 1. The molecule has 2 N–H and O–H groups in total. The van der Waals surface area contributed by atoms with Crippen LogP contribution < -0.4 is 5.73 Å². The third-order valence-electron chi connectivity index (χ3n) is 4.77. The van der Waals surface area contributed by atoms with E-state index in [1.54, 1.807) is 30.5 Å². The number of alkyl halides is 3. The van der Waals surface area contributed by atoms with Gasteiger partial charge in [-0.3, -0.25) is 9.78 Å². The first-order valence-electron chi connectivity index (χ1n) is 11.0. The van der Waals surface area contributed by atoms with Crippen LogP contribution in [0.15, 0.2) is 46.6 Å². The number of thioether (sulfide) groups is 2. The molecule has 0 aliphatic carbocycles. The number of carbonyl (C=O) groups excluding carboxylic acids is 2. The first-order valence-corrected chi connectivity index (χ1v) is 13.0. The van der Waals surface area contributed by atoms with Crippen LogP contribution in [0.3, 0.4) is 0 Å². The lowest BCUT2D eigenvalue weighted by molar-refractivity contribution is -0.176. The van der Waals surface area contributed by atoms with Gasteiger partial charge in [-0.25, -0.2) is 14.3 Å². The fourth-order valence-electron chi connectivity index (χ4n) is 3.09. The maximum atomic E-state index is 12.6. The minimum Gasteiger partial charge on any atom is -0.439 e. The van der Waals surface area contributed by atoms with Crippen LogP contribution in [-0.2, 0) is 24.8 Å². The number of nitrogens with two attached hydrogens (primary N) is 1. The molecule has 3 aromatic rings. The van der Waals surface area contributed by atoms with Crippen molar-refractivity contribution in [3.8, 4) is 0 Å². The van der Waals surface area contributed by atoms with Crippen LogP contribution in [0.25, 0.3) is 11.0 Å². The molecule has 0 saturated heterocycles. The maximum absolute atomic E-state index is 12.6. The highest BCUT2D eigenvalue weighted by Gasteiger charge is 2.27. The number of para-hydroxylation sites is 2. The zero-order chi connectivity index (χ0) is 26.8. The Morgan fingerprint density at radius 3 is 2.59 bits per heavy atom. The van der Waals surface area contributed by atoms with Crippen LogP contribution in [0.5, 0.6) is 0 Å². The number of hydrogen-bond donors (Lipinski definition) is 1. The molecule has 0 aliphatic rings. The molecule has 0 aliphatic heterocycles. The third kappa shape index (κ3) is 8.91. The van der Waals surface area contributed by atoms with Gasteiger partial charge in [-0.15, -0.1) is 11.8 Å². The molecule has 0 saturated carbocycles. The van der Waals surface area contributed by atoms with E-state index >= 15 is 0 Å². The minimum atomic E-state index is -4.34. The second-order valence-corrected chi connectivity index (χ2v) is 9.62. The molecule has 0 spiro atoms. The van der Waals surface area contributed by atoms with Gasteiger partial charge < -0.3 is 19.9 Å². The number of rotatable bonds is 13. The number of aromatic nitrogens is 3. The summed E-state index contributed by atoms with van der Waals surface area (Å²) in [6, 6.07) is 8.93. The number of fused-ring (bicyclic) bond motifs is 1. The predicted molar refractivity (Wildman–Crippen MR) is 133 cm³/mol. The average Bonchev–Trinajstić information content (AvgIpc) is 3.22. The molecule has 3 rings (SSSR count). The summed E-state index contributed by atoms with van der Waals surface area (Å²) in [5.74, 6) is 0.249. The lowest BCUT2D eigenvalue weighted by atomic mass is 10.2. The summed E-state index contributed by atoms with van der Waals surface area (Å²) in [5, 5.41) is 0.385. The van der Waals surface area contributed by atoms with Crippen molar-refractivity contribution in [2.24, 2.45) is 5.73 Å². The first kappa shape index (κ1) is 28.8. The van der Waals surface area contributed by atoms with Crippen molar-refractivity contribution in [1.29, 1.82) is 0 Å². The first-order chi connectivity index (χ1) is 17.7. The molecule has 0 fully saturated rings. The molecule has 1 amide bonds. The number of ether oxygens (including phenoxy) is 3. The molecule has 200 valence electrons. The molecule has 0 bridgehead atoms. The van der Waals surface area contributed by atoms with E-state index < -0.39 is 31.4 Å². The number of carbonyl (C=O) groups is 2. The molecule has 9 nitrogen and oxygen atoms in total. The quantitative estimate of drug-likeness (QED) is 0.243. The molecule has 0 radical (unpaired) electrons. The topological polar surface area (TPSA) is 119 Å². The molecule has 2 heterocycles. The number of primary amides is 1. The number of imidazole rings is 1. The van der Waals surface area contributed by atoms with E-state index in [1.165, 1.54) is 28.1 Å². The van der Waals surface area contributed by atoms with Gasteiger partial charge in [0, 0.05) is 22.6 Å². The van der Waals surface area contributed by atoms with Gasteiger partial charge in [-0.1, -0.05) is 23.9 Å². The van der Waals surface area contributed by atoms with Gasteiger partial charge in [-0.05, 0) is 30.7 Å². The summed E-state index contributed by atoms with van der Waals surface area (Å²) in [6.07, 6.45) is -3.42. The van der Waals surface area contributed by atoms with E-state index in [4.69, 9.17) is 15.2 Å². The smallest absolute Gasteiger partial charge is 0.421 e. The summed E-state index contributed by atoms with van der Waals surface area (Å²) < 4.78 is 52.3. The summed E-state index contributed by atoms with van der Waals surface area (Å²) in [6.45, 7) is 0.411. The lowest BCUT2D eigenvalue weighted by Gasteiger charge is -2.11. The minimum absolute atomic E-state index is 0.0801. The summed E-state index contributed by atoms with van der Waals surface area (Å²) >= 11 is 2.84. The van der Waals surface area contributed by atoms with Crippen molar-refractivity contribution in [2.45, 2.75) is 28.9 Å². The normalized spacial score (nSPS) is 11.7. The Labute approximate surface area is 219 Å². The van der Waals surface area contributed by atoms with Crippen molar-refractivity contribution >= 4 is 46.6 Å². The molecule has 0 unspecified atom stereocenters. The Kier molecular flexibility index (Phi) is 10.6. The zero-order valence-electron chi connectivity index (χ0n) is 19.8. The molecular formula is C23H25F3N4O5S2. The third-order valence-corrected chi connectivity index (χ3v) is 6.84. The Morgan fingerprint density at radius 1 is 1.08 bits per heavy atom. The molecule has 37 heavy (non-hydrogen) atoms. The number of benzene rings is 1. The Bertz CT molecular complexity index is 1220. The number of halogens is 3. The Morgan fingerprint density at radius 2 is 1.84 bits per heavy atom. The maximum Gasteiger partial charge on any atom is 0.421 e. The molecule has 2 aromatic heterocycles. The lowest BCUT2D eigenvalue weighted by Crippen LogP contribution is -2.23. The zero-order valence-corrected chi connectivity index (χ0v) is 21.5. The highest BCUT2D eigenvalue weighted by Crippen LogP contribution is 2.30. The fraction of sp³-hybridized carbons (Fsp3) is 0.391. The molecule has 0 atom stereocenters. The van der Waals surface area contributed by atoms with Gasteiger partial charge in [0.1, 0.15) is 6.61 Å². The summed E-state index contributed by atoms with van der Waals surface area (Å²) in [5.41, 5.74) is 7.97. The van der Waals surface area contributed by atoms with E-state index in [1.807, 2.05) is 13.0 Å². The summed E-state index contributed by atoms with van der Waals surface area (Å²) in [4.78, 5) is 33.6. The van der Waals surface area contributed by atoms with Crippen LogP contribution in [-0.4, -0.2) is 71.5 Å². The largest absolute Gasteiger partial charge is 0.439 e. The second kappa shape index (κ2) is 13.7. The number of nitrogens with zero attached hydrogens (tertiary/aromatic N) is 3. The van der Waals surface area contributed by atoms with E-state index in [-0.39, 0.29) is 13.2 Å². The second-order valence-electron chi connectivity index (χ2n) is 7.54. The average molecular weight is 559 g/mol. The van der Waals surface area contributed by atoms with Crippen LogP contribution in [0.4, 0.5) is 18.0 Å². The van der Waals surface area contributed by atoms with E-state index in [0.717, 1.165) is 16.2 Å². The number of hydrogen-bond acceptors (Lipinski definition) is 9. The highest BCUT2D eigenvalue weighted by molar-refractivity contribution is 7.99. The molecular weight excluding hydrogens is 533 g/mol. The van der Waals surface area contributed by atoms with E-state index in [0.29, 0.717) is 34.3 Å². The van der Waals surface area contributed by atoms with Gasteiger partial charge in [-0.2, -0.15) is 13.2 Å². The van der Waals surface area contributed by atoms with Crippen molar-refractivity contribution < 1.29 is 37.0 Å². The molecule has 1 aromatic carbocycles. The standard InChI is InChI=1S/C23H25F3N4O5S2/c1-15-17(28-7-6-19(15)36-11-10-33-8-9-34-14-23(24,25)26)13-37-21-29-16-4-2-3-5-18(16)30(21)22(32)35-12-20(27)31/h2-7H,8-14H2,1H3,(H2,27,31). The van der Waals surface area contributed by atoms with Crippen LogP contribution in [0.1, 0.15) is 11.3 Å². The number of amides is 1. The van der Waals surface area contributed by atoms with Gasteiger partial charge >= 0.3 is 12.3 Å². The molecule has 14 heteroatoms. The van der Waals surface area contributed by atoms with Gasteiger partial charge in [0.15, 0.2) is 11.8 Å². The predicted octanol–water partition coefficient (Wildman–Crippen LogP) is 4.19. The van der Waals surface area contributed by atoms with Crippen LogP contribution in [0.2, 0.25) is 0 Å². The van der Waals surface area contributed by atoms with Gasteiger partial charge in [0.25, 0.3) is 5.91 Å². The fourth-order valence-corrected chi connectivity index (χ4v) is 5.02. The van der Waals surface area contributed by atoms with Gasteiger partial charge in [0.2, 0.25) is 0 Å². The monoisotopic (exact) mass is 558 g/mol. The van der Waals surface area contributed by atoms with Crippen molar-refractivity contribution in [3.63, 3.8) is 0 Å².